The smallest absolute Gasteiger partial charge is 0.425 e. The highest BCUT2D eigenvalue weighted by molar-refractivity contribution is 6.32. The highest BCUT2D eigenvalue weighted by Gasteiger charge is 2.38. The minimum atomic E-state index is -4.48. The van der Waals surface area contributed by atoms with E-state index in [9.17, 15) is 18.0 Å². The molecule has 210 valence electrons. The van der Waals surface area contributed by atoms with Gasteiger partial charge in [0.1, 0.15) is 30.5 Å². The van der Waals surface area contributed by atoms with Crippen molar-refractivity contribution in [3.05, 3.63) is 58.1 Å². The van der Waals surface area contributed by atoms with Crippen molar-refractivity contribution < 1.29 is 37.3 Å². The van der Waals surface area contributed by atoms with Crippen LogP contribution in [0.15, 0.2) is 42.0 Å². The minimum absolute atomic E-state index is 0. The standard InChI is InChI=1S/C26H27ClF3NO5.CH4.ClH/c1-16(26(28,29)30)36-23-5-2-17(11-22(23)27)14-34-21-4-3-20-10-18(15-35-24(20)12-21)13-31-8-6-19(7-9-31)25(32)33;;/h2-5,10-12,16,19H,6-9,13-15H2,1H3,(H,32,33);1H4;1H/t16-;;/m0../s1. The Kier molecular flexibility index (Phi) is 11.2. The summed E-state index contributed by atoms with van der Waals surface area (Å²) < 4.78 is 54.8. The van der Waals surface area contributed by atoms with Crippen LogP contribution in [0.1, 0.15) is 38.3 Å². The second kappa shape index (κ2) is 13.4. The molecule has 4 rings (SSSR count). The molecule has 0 amide bonds. The van der Waals surface area contributed by atoms with Crippen molar-refractivity contribution in [1.29, 1.82) is 0 Å². The third-order valence-electron chi connectivity index (χ3n) is 6.29. The SMILES string of the molecule is C.C[C@H](Oc1ccc(COc2ccc3c(c2)OCC(CN2CCC(C(=O)O)CC2)=C3)cc1Cl)C(F)(F)F.Cl. The number of rotatable bonds is 8. The fourth-order valence-corrected chi connectivity index (χ4v) is 4.40. The van der Waals surface area contributed by atoms with E-state index in [1.54, 1.807) is 12.1 Å². The molecule has 1 saturated heterocycles. The zero-order valence-electron chi connectivity index (χ0n) is 20.1. The number of aliphatic carboxylic acids is 1. The topological polar surface area (TPSA) is 68.2 Å². The summed E-state index contributed by atoms with van der Waals surface area (Å²) in [5.74, 6) is 0.275. The molecule has 2 aromatic carbocycles. The number of fused-ring (bicyclic) bond motifs is 1. The maximum absolute atomic E-state index is 12.7. The van der Waals surface area contributed by atoms with Crippen LogP contribution in [0.3, 0.4) is 0 Å². The van der Waals surface area contributed by atoms with Gasteiger partial charge in [0, 0.05) is 18.2 Å². The molecule has 1 atom stereocenters. The Hall–Kier alpha value is -2.62. The van der Waals surface area contributed by atoms with Crippen molar-refractivity contribution in [3.63, 3.8) is 0 Å². The largest absolute Gasteiger partial charge is 0.489 e. The Labute approximate surface area is 231 Å². The predicted molar refractivity (Wildman–Crippen MR) is 143 cm³/mol. The number of nitrogens with zero attached hydrogens (tertiary/aromatic N) is 1. The number of benzene rings is 2. The summed E-state index contributed by atoms with van der Waals surface area (Å²) >= 11 is 6.10. The van der Waals surface area contributed by atoms with Crippen LogP contribution in [0.25, 0.3) is 6.08 Å². The minimum Gasteiger partial charge on any atom is -0.489 e. The molecule has 0 aliphatic carbocycles. The average Bonchev–Trinajstić information content (AvgIpc) is 2.84. The molecule has 2 aliphatic heterocycles. The average molecular weight is 578 g/mol. The fourth-order valence-electron chi connectivity index (χ4n) is 4.15. The van der Waals surface area contributed by atoms with Crippen LogP contribution >= 0.6 is 24.0 Å². The highest BCUT2D eigenvalue weighted by atomic mass is 35.5. The van der Waals surface area contributed by atoms with E-state index in [0.717, 1.165) is 37.7 Å². The van der Waals surface area contributed by atoms with Crippen LogP contribution in [0, 0.1) is 5.92 Å². The molecule has 1 fully saturated rings. The summed E-state index contributed by atoms with van der Waals surface area (Å²) in [5.41, 5.74) is 2.74. The van der Waals surface area contributed by atoms with E-state index in [1.165, 1.54) is 12.1 Å². The van der Waals surface area contributed by atoms with Gasteiger partial charge in [-0.25, -0.2) is 0 Å². The van der Waals surface area contributed by atoms with Crippen LogP contribution < -0.4 is 14.2 Å². The van der Waals surface area contributed by atoms with Crippen molar-refractivity contribution >= 4 is 36.1 Å². The van der Waals surface area contributed by atoms with Gasteiger partial charge in [0.15, 0.2) is 6.10 Å². The summed E-state index contributed by atoms with van der Waals surface area (Å²) in [6.45, 7) is 3.79. The molecule has 0 unspecified atom stereocenters. The molecule has 0 radical (unpaired) electrons. The number of likely N-dealkylation sites (tertiary alicyclic amines) is 1. The highest BCUT2D eigenvalue weighted by Crippen LogP contribution is 2.33. The Bertz CT molecular complexity index is 1130. The molecule has 2 aromatic rings. The van der Waals surface area contributed by atoms with Gasteiger partial charge in [-0.2, -0.15) is 13.2 Å². The third-order valence-corrected chi connectivity index (χ3v) is 6.58. The first-order chi connectivity index (χ1) is 17.1. The summed E-state index contributed by atoms with van der Waals surface area (Å²) in [6, 6.07) is 10.0. The molecule has 0 spiro atoms. The number of hydrogen-bond donors (Lipinski definition) is 1. The monoisotopic (exact) mass is 577 g/mol. The Balaban J connectivity index is 0.00000253. The van der Waals surface area contributed by atoms with Crippen molar-refractivity contribution in [3.8, 4) is 17.2 Å². The lowest BCUT2D eigenvalue weighted by molar-refractivity contribution is -0.189. The number of piperidine rings is 1. The predicted octanol–water partition coefficient (Wildman–Crippen LogP) is 6.88. The van der Waals surface area contributed by atoms with E-state index in [4.69, 9.17) is 30.9 Å². The molecule has 0 aromatic heterocycles. The molecule has 0 saturated carbocycles. The van der Waals surface area contributed by atoms with Gasteiger partial charge in [-0.15, -0.1) is 12.4 Å². The summed E-state index contributed by atoms with van der Waals surface area (Å²) in [7, 11) is 0. The van der Waals surface area contributed by atoms with Crippen LogP contribution in [0.4, 0.5) is 13.2 Å². The Morgan fingerprint density at radius 2 is 1.92 bits per heavy atom. The van der Waals surface area contributed by atoms with Gasteiger partial charge in [0.25, 0.3) is 0 Å². The Morgan fingerprint density at radius 3 is 2.55 bits per heavy atom. The van der Waals surface area contributed by atoms with E-state index in [1.807, 2.05) is 12.1 Å². The second-order valence-corrected chi connectivity index (χ2v) is 9.44. The molecule has 0 bridgehead atoms. The van der Waals surface area contributed by atoms with Crippen molar-refractivity contribution in [1.82, 2.24) is 4.90 Å². The molecule has 1 N–H and O–H groups in total. The lowest BCUT2D eigenvalue weighted by Crippen LogP contribution is -2.38. The number of carboxylic acids is 1. The summed E-state index contributed by atoms with van der Waals surface area (Å²) in [6.07, 6.45) is -3.03. The van der Waals surface area contributed by atoms with Crippen LogP contribution in [-0.2, 0) is 11.4 Å². The second-order valence-electron chi connectivity index (χ2n) is 9.03. The quantitative estimate of drug-likeness (QED) is 0.369. The maximum atomic E-state index is 12.7. The first-order valence-electron chi connectivity index (χ1n) is 11.6. The van der Waals surface area contributed by atoms with E-state index >= 15 is 0 Å². The molecule has 2 heterocycles. The lowest BCUT2D eigenvalue weighted by Gasteiger charge is -2.31. The van der Waals surface area contributed by atoms with Crippen molar-refractivity contribution in [2.45, 2.75) is 46.1 Å². The number of alkyl halides is 3. The number of halogens is 5. The Morgan fingerprint density at radius 1 is 1.21 bits per heavy atom. The number of ether oxygens (including phenoxy) is 3. The summed E-state index contributed by atoms with van der Waals surface area (Å²) in [5, 5.41) is 9.23. The normalized spacial score (nSPS) is 16.6. The molecular formula is C27H32Cl2F3NO5. The van der Waals surface area contributed by atoms with Gasteiger partial charge in [-0.1, -0.05) is 25.1 Å². The first kappa shape index (κ1) is 31.6. The number of carboxylic acid groups (broad SMARTS) is 1. The van der Waals surface area contributed by atoms with Crippen LogP contribution in [0.2, 0.25) is 5.02 Å². The number of carbonyl (C=O) groups is 1. The van der Waals surface area contributed by atoms with Gasteiger partial charge in [0.05, 0.1) is 10.9 Å². The van der Waals surface area contributed by atoms with E-state index in [-0.39, 0.29) is 43.1 Å². The molecule has 2 aliphatic rings. The lowest BCUT2D eigenvalue weighted by atomic mass is 9.96. The zero-order chi connectivity index (χ0) is 25.9. The van der Waals surface area contributed by atoms with E-state index < -0.39 is 18.2 Å². The molecular weight excluding hydrogens is 546 g/mol. The fraction of sp³-hybridized carbons (Fsp3) is 0.444. The van der Waals surface area contributed by atoms with Gasteiger partial charge < -0.3 is 19.3 Å². The van der Waals surface area contributed by atoms with Crippen LogP contribution in [0.5, 0.6) is 17.2 Å². The van der Waals surface area contributed by atoms with E-state index in [2.05, 4.69) is 11.0 Å². The number of hydrogen-bond acceptors (Lipinski definition) is 5. The van der Waals surface area contributed by atoms with Gasteiger partial charge >= 0.3 is 12.1 Å². The molecule has 11 heteroatoms. The van der Waals surface area contributed by atoms with Crippen LogP contribution in [-0.4, -0.2) is 54.5 Å². The summed E-state index contributed by atoms with van der Waals surface area (Å²) in [4.78, 5) is 13.4. The van der Waals surface area contributed by atoms with Gasteiger partial charge in [0.2, 0.25) is 0 Å². The first-order valence-corrected chi connectivity index (χ1v) is 12.0. The van der Waals surface area contributed by atoms with E-state index in [0.29, 0.717) is 36.5 Å². The zero-order valence-corrected chi connectivity index (χ0v) is 21.7. The van der Waals surface area contributed by atoms with Crippen molar-refractivity contribution in [2.24, 2.45) is 5.92 Å². The van der Waals surface area contributed by atoms with Crippen molar-refractivity contribution in [2.75, 3.05) is 26.2 Å². The molecule has 6 nitrogen and oxygen atoms in total. The van der Waals surface area contributed by atoms with Gasteiger partial charge in [-0.05, 0) is 74.3 Å². The van der Waals surface area contributed by atoms with Gasteiger partial charge in [-0.3, -0.25) is 9.69 Å². The molecule has 38 heavy (non-hydrogen) atoms. The maximum Gasteiger partial charge on any atom is 0.425 e. The third kappa shape index (κ3) is 8.19.